The van der Waals surface area contributed by atoms with E-state index in [-0.39, 0.29) is 12.6 Å². The predicted molar refractivity (Wildman–Crippen MR) is 40.9 cm³/mol. The second-order valence-electron chi connectivity index (χ2n) is 2.50. The summed E-state index contributed by atoms with van der Waals surface area (Å²) in [5, 5.41) is 0. The van der Waals surface area contributed by atoms with Gasteiger partial charge in [0, 0.05) is 21.1 Å². The lowest BCUT2D eigenvalue weighted by Gasteiger charge is -2.19. The first kappa shape index (κ1) is 9.74. The summed E-state index contributed by atoms with van der Waals surface area (Å²) in [6, 6.07) is -0.233. The van der Waals surface area contributed by atoms with E-state index < -0.39 is 5.91 Å². The molecular formula is C6H13N3O2. The summed E-state index contributed by atoms with van der Waals surface area (Å²) in [4.78, 5) is 24.0. The van der Waals surface area contributed by atoms with E-state index in [2.05, 4.69) is 0 Å². The first-order valence-corrected chi connectivity index (χ1v) is 3.16. The number of hydrogen-bond acceptors (Lipinski definition) is 2. The van der Waals surface area contributed by atoms with Crippen LogP contribution in [0.5, 0.6) is 0 Å². The van der Waals surface area contributed by atoms with Crippen LogP contribution in [0, 0.1) is 0 Å². The zero-order chi connectivity index (χ0) is 9.02. The monoisotopic (exact) mass is 159 g/mol. The zero-order valence-electron chi connectivity index (χ0n) is 7.00. The van der Waals surface area contributed by atoms with Crippen LogP contribution in [0.3, 0.4) is 0 Å². The Morgan fingerprint density at radius 2 is 1.73 bits per heavy atom. The number of primary amides is 1. The van der Waals surface area contributed by atoms with Gasteiger partial charge in [0.05, 0.1) is 0 Å². The smallest absolute Gasteiger partial charge is 0.319 e. The lowest BCUT2D eigenvalue weighted by molar-refractivity contribution is -0.118. The summed E-state index contributed by atoms with van der Waals surface area (Å²) in [6.07, 6.45) is 0. The van der Waals surface area contributed by atoms with Gasteiger partial charge >= 0.3 is 6.03 Å². The highest BCUT2D eigenvalue weighted by molar-refractivity contribution is 5.82. The summed E-state index contributed by atoms with van der Waals surface area (Å²) < 4.78 is 0. The Morgan fingerprint density at radius 1 is 1.27 bits per heavy atom. The van der Waals surface area contributed by atoms with E-state index in [0.29, 0.717) is 0 Å². The van der Waals surface area contributed by atoms with Gasteiger partial charge in [-0.1, -0.05) is 0 Å². The third kappa shape index (κ3) is 3.44. The van der Waals surface area contributed by atoms with Crippen LogP contribution in [-0.4, -0.2) is 49.4 Å². The number of carbonyl (C=O) groups excluding carboxylic acids is 2. The summed E-state index contributed by atoms with van der Waals surface area (Å²) in [6.45, 7) is -0.0446. The molecule has 0 radical (unpaired) electrons. The summed E-state index contributed by atoms with van der Waals surface area (Å²) in [7, 11) is 4.74. The quantitative estimate of drug-likeness (QED) is 0.566. The summed E-state index contributed by atoms with van der Waals surface area (Å²) in [5.74, 6) is -0.511. The Hall–Kier alpha value is -1.26. The Balaban J connectivity index is 3.93. The molecule has 0 saturated carbocycles. The molecule has 0 aromatic rings. The van der Waals surface area contributed by atoms with E-state index in [1.54, 1.807) is 14.1 Å². The minimum atomic E-state index is -0.511. The van der Waals surface area contributed by atoms with Crippen molar-refractivity contribution in [3.8, 4) is 0 Å². The van der Waals surface area contributed by atoms with Gasteiger partial charge in [0.1, 0.15) is 6.54 Å². The molecular weight excluding hydrogens is 146 g/mol. The number of carbonyl (C=O) groups is 2. The molecule has 0 unspecified atom stereocenters. The van der Waals surface area contributed by atoms with Crippen molar-refractivity contribution in [3.05, 3.63) is 0 Å². The van der Waals surface area contributed by atoms with Crippen molar-refractivity contribution in [3.63, 3.8) is 0 Å². The van der Waals surface area contributed by atoms with Crippen LogP contribution in [0.4, 0.5) is 4.79 Å². The summed E-state index contributed by atoms with van der Waals surface area (Å²) in [5.41, 5.74) is 4.88. The third-order valence-corrected chi connectivity index (χ3v) is 1.10. The van der Waals surface area contributed by atoms with E-state index in [9.17, 15) is 9.59 Å². The van der Waals surface area contributed by atoms with Crippen LogP contribution in [0.1, 0.15) is 0 Å². The Labute approximate surface area is 65.7 Å². The molecule has 0 fully saturated rings. The normalized spacial score (nSPS) is 9.00. The van der Waals surface area contributed by atoms with Gasteiger partial charge in [0.2, 0.25) is 5.91 Å². The maximum atomic E-state index is 11.0. The van der Waals surface area contributed by atoms with Gasteiger partial charge in [0.15, 0.2) is 0 Å². The summed E-state index contributed by atoms with van der Waals surface area (Å²) >= 11 is 0. The van der Waals surface area contributed by atoms with Gasteiger partial charge < -0.3 is 15.5 Å². The van der Waals surface area contributed by atoms with Gasteiger partial charge in [-0.3, -0.25) is 4.79 Å². The van der Waals surface area contributed by atoms with Gasteiger partial charge in [-0.05, 0) is 0 Å². The van der Waals surface area contributed by atoms with Crippen LogP contribution in [0.2, 0.25) is 0 Å². The van der Waals surface area contributed by atoms with Crippen LogP contribution in [-0.2, 0) is 4.79 Å². The lowest BCUT2D eigenvalue weighted by atomic mass is 10.5. The minimum Gasteiger partial charge on any atom is -0.368 e. The molecule has 0 atom stereocenters. The maximum Gasteiger partial charge on any atom is 0.319 e. The fraction of sp³-hybridized carbons (Fsp3) is 0.667. The first-order valence-electron chi connectivity index (χ1n) is 3.16. The Bertz CT molecular complexity index is 167. The van der Waals surface area contributed by atoms with Crippen molar-refractivity contribution in [2.24, 2.45) is 5.73 Å². The molecule has 0 aromatic carbocycles. The number of likely N-dealkylation sites (N-methyl/N-ethyl adjacent to an activating group) is 1. The molecule has 0 spiro atoms. The van der Waals surface area contributed by atoms with Crippen LogP contribution in [0.25, 0.3) is 0 Å². The molecule has 5 heteroatoms. The average molecular weight is 159 g/mol. The molecule has 5 nitrogen and oxygen atoms in total. The maximum absolute atomic E-state index is 11.0. The van der Waals surface area contributed by atoms with Crippen LogP contribution in [0.15, 0.2) is 0 Å². The van der Waals surface area contributed by atoms with Crippen molar-refractivity contribution in [2.75, 3.05) is 27.7 Å². The van der Waals surface area contributed by atoms with Gasteiger partial charge in [-0.25, -0.2) is 4.79 Å². The molecule has 0 aliphatic heterocycles. The van der Waals surface area contributed by atoms with Gasteiger partial charge in [-0.15, -0.1) is 0 Å². The molecule has 64 valence electrons. The highest BCUT2D eigenvalue weighted by Crippen LogP contribution is 1.88. The topological polar surface area (TPSA) is 66.6 Å². The number of rotatable bonds is 2. The van der Waals surface area contributed by atoms with Crippen molar-refractivity contribution in [1.29, 1.82) is 0 Å². The number of nitrogens with zero attached hydrogens (tertiary/aromatic N) is 2. The molecule has 0 saturated heterocycles. The number of nitrogens with two attached hydrogens (primary N) is 1. The van der Waals surface area contributed by atoms with Crippen LogP contribution >= 0.6 is 0 Å². The highest BCUT2D eigenvalue weighted by Gasteiger charge is 2.11. The van der Waals surface area contributed by atoms with E-state index >= 15 is 0 Å². The molecule has 0 rings (SSSR count). The van der Waals surface area contributed by atoms with E-state index in [1.807, 2.05) is 0 Å². The molecule has 0 aromatic heterocycles. The number of amides is 3. The average Bonchev–Trinajstić information content (AvgIpc) is 1.84. The molecule has 0 aliphatic carbocycles. The second kappa shape index (κ2) is 3.80. The van der Waals surface area contributed by atoms with Crippen molar-refractivity contribution in [2.45, 2.75) is 0 Å². The molecule has 11 heavy (non-hydrogen) atoms. The van der Waals surface area contributed by atoms with E-state index in [4.69, 9.17) is 5.73 Å². The molecule has 2 N–H and O–H groups in total. The van der Waals surface area contributed by atoms with E-state index in [1.165, 1.54) is 16.8 Å². The standard InChI is InChI=1S/C6H13N3O2/c1-8(2)6(11)9(3)4-5(7)10/h4H2,1-3H3,(H2,7,10). The van der Waals surface area contributed by atoms with Crippen LogP contribution < -0.4 is 5.73 Å². The lowest BCUT2D eigenvalue weighted by Crippen LogP contribution is -2.41. The van der Waals surface area contributed by atoms with E-state index in [0.717, 1.165) is 0 Å². The molecule has 0 bridgehead atoms. The van der Waals surface area contributed by atoms with Gasteiger partial charge in [0.25, 0.3) is 0 Å². The van der Waals surface area contributed by atoms with Crippen molar-refractivity contribution >= 4 is 11.9 Å². The zero-order valence-corrected chi connectivity index (χ0v) is 7.00. The number of hydrogen-bond donors (Lipinski definition) is 1. The Morgan fingerprint density at radius 3 is 2.00 bits per heavy atom. The highest BCUT2D eigenvalue weighted by atomic mass is 16.2. The second-order valence-corrected chi connectivity index (χ2v) is 2.50. The van der Waals surface area contributed by atoms with Crippen molar-refractivity contribution < 1.29 is 9.59 Å². The fourth-order valence-electron chi connectivity index (χ4n) is 0.643. The number of urea groups is 1. The molecule has 3 amide bonds. The third-order valence-electron chi connectivity index (χ3n) is 1.10. The van der Waals surface area contributed by atoms with Gasteiger partial charge in [-0.2, -0.15) is 0 Å². The Kier molecular flexibility index (Phi) is 3.36. The molecule has 0 heterocycles. The molecule has 0 aliphatic rings. The fourth-order valence-corrected chi connectivity index (χ4v) is 0.643. The minimum absolute atomic E-state index is 0.0446. The SMILES string of the molecule is CN(C)C(=O)N(C)CC(N)=O. The predicted octanol–water partition coefficient (Wildman–Crippen LogP) is -0.915. The largest absolute Gasteiger partial charge is 0.368 e. The van der Waals surface area contributed by atoms with Crippen molar-refractivity contribution in [1.82, 2.24) is 9.80 Å². The first-order chi connectivity index (χ1) is 4.95.